The van der Waals surface area contributed by atoms with Gasteiger partial charge in [0.15, 0.2) is 6.54 Å². The molecule has 29 heavy (non-hydrogen) atoms. The maximum atomic E-state index is 13.4. The monoisotopic (exact) mass is 396 g/mol. The highest BCUT2D eigenvalue weighted by molar-refractivity contribution is 5.93. The number of anilines is 1. The normalized spacial score (nSPS) is 19.4. The van der Waals surface area contributed by atoms with Gasteiger partial charge in [-0.3, -0.25) is 4.79 Å². The Bertz CT molecular complexity index is 1030. The number of aryl methyl sites for hydroxylation is 3. The van der Waals surface area contributed by atoms with Gasteiger partial charge in [0.25, 0.3) is 5.91 Å². The summed E-state index contributed by atoms with van der Waals surface area (Å²) in [6, 6.07) is 9.02. The third-order valence-corrected chi connectivity index (χ3v) is 5.79. The van der Waals surface area contributed by atoms with Crippen LogP contribution in [0.2, 0.25) is 0 Å². The van der Waals surface area contributed by atoms with Crippen LogP contribution < -0.4 is 10.2 Å². The van der Waals surface area contributed by atoms with Crippen LogP contribution in [0.15, 0.2) is 30.3 Å². The number of nitrogens with one attached hydrogen (secondary N) is 2. The van der Waals surface area contributed by atoms with Crippen LogP contribution in [0.4, 0.5) is 10.1 Å². The van der Waals surface area contributed by atoms with Crippen molar-refractivity contribution in [3.63, 3.8) is 0 Å². The Morgan fingerprint density at radius 2 is 1.86 bits per heavy atom. The van der Waals surface area contributed by atoms with Crippen LogP contribution in [0.5, 0.6) is 0 Å². The summed E-state index contributed by atoms with van der Waals surface area (Å²) in [6.07, 6.45) is 1.84. The molecule has 1 aromatic heterocycles. The predicted octanol–water partition coefficient (Wildman–Crippen LogP) is 2.35. The van der Waals surface area contributed by atoms with Crippen LogP contribution in [0.1, 0.15) is 35.6 Å². The van der Waals surface area contributed by atoms with Crippen molar-refractivity contribution < 1.29 is 14.1 Å². The zero-order chi connectivity index (χ0) is 20.5. The lowest BCUT2D eigenvalue weighted by molar-refractivity contribution is -0.897. The van der Waals surface area contributed by atoms with Crippen molar-refractivity contribution in [2.24, 2.45) is 0 Å². The van der Waals surface area contributed by atoms with Gasteiger partial charge in [0.2, 0.25) is 0 Å². The number of rotatable bonds is 4. The molecule has 1 saturated heterocycles. The first kappa shape index (κ1) is 19.5. The smallest absolute Gasteiger partial charge is 0.279 e. The molecule has 1 amide bonds. The van der Waals surface area contributed by atoms with E-state index in [9.17, 15) is 9.18 Å². The number of hydrogen-bond donors (Lipinski definition) is 2. The van der Waals surface area contributed by atoms with Gasteiger partial charge in [-0.2, -0.15) is 0 Å². The number of amides is 1. The molecule has 6 nitrogen and oxygen atoms in total. The summed E-state index contributed by atoms with van der Waals surface area (Å²) in [5, 5.41) is 11.4. The number of halogens is 1. The van der Waals surface area contributed by atoms with Gasteiger partial charge in [-0.05, 0) is 44.0 Å². The Labute approximate surface area is 169 Å². The standard InChI is InChI=1S/C22H26FN5O/c1-14-10-15(2)22(16(3)11-14)24-21(29)13-27-8-6-18(7-9-27)28-20-5-4-17(23)12-19(20)25-26-28/h4-5,10-12,18H,6-9,13H2,1-3H3,(H,24,29)/p+1. The summed E-state index contributed by atoms with van der Waals surface area (Å²) in [6.45, 7) is 8.38. The Kier molecular flexibility index (Phi) is 5.32. The van der Waals surface area contributed by atoms with Crippen LogP contribution in [-0.2, 0) is 4.79 Å². The summed E-state index contributed by atoms with van der Waals surface area (Å²) in [4.78, 5) is 13.9. The molecule has 2 aromatic carbocycles. The van der Waals surface area contributed by atoms with Crippen molar-refractivity contribution in [1.82, 2.24) is 15.0 Å². The summed E-state index contributed by atoms with van der Waals surface area (Å²) in [5.41, 5.74) is 5.77. The highest BCUT2D eigenvalue weighted by Crippen LogP contribution is 2.23. The molecule has 1 fully saturated rings. The second kappa shape index (κ2) is 7.91. The molecule has 0 atom stereocenters. The number of likely N-dealkylation sites (tertiary alicyclic amines) is 1. The van der Waals surface area contributed by atoms with Crippen LogP contribution in [-0.4, -0.2) is 40.5 Å². The van der Waals surface area contributed by atoms with Crippen molar-refractivity contribution in [2.75, 3.05) is 25.0 Å². The van der Waals surface area contributed by atoms with E-state index in [0.29, 0.717) is 12.1 Å². The molecule has 7 heteroatoms. The van der Waals surface area contributed by atoms with E-state index in [-0.39, 0.29) is 17.8 Å². The predicted molar refractivity (Wildman–Crippen MR) is 111 cm³/mol. The average molecular weight is 396 g/mol. The first-order valence-corrected chi connectivity index (χ1v) is 10.1. The minimum Gasteiger partial charge on any atom is -0.327 e. The minimum atomic E-state index is -0.297. The van der Waals surface area contributed by atoms with Crippen LogP contribution in [0.3, 0.4) is 0 Å². The lowest BCUT2D eigenvalue weighted by atomic mass is 10.0. The van der Waals surface area contributed by atoms with Gasteiger partial charge >= 0.3 is 0 Å². The molecule has 0 unspecified atom stereocenters. The maximum absolute atomic E-state index is 13.4. The lowest BCUT2D eigenvalue weighted by Gasteiger charge is -2.29. The summed E-state index contributed by atoms with van der Waals surface area (Å²) in [7, 11) is 0. The van der Waals surface area contributed by atoms with Crippen LogP contribution in [0, 0.1) is 26.6 Å². The molecule has 152 valence electrons. The number of fused-ring (bicyclic) bond motifs is 1. The SMILES string of the molecule is Cc1cc(C)c(NC(=O)C[NH+]2CCC(n3nnc4cc(F)ccc43)CC2)c(C)c1. The number of carbonyl (C=O) groups is 1. The number of aromatic nitrogens is 3. The number of nitrogens with zero attached hydrogens (tertiary/aromatic N) is 3. The largest absolute Gasteiger partial charge is 0.327 e. The minimum absolute atomic E-state index is 0.0511. The Hall–Kier alpha value is -2.80. The quantitative estimate of drug-likeness (QED) is 0.712. The summed E-state index contributed by atoms with van der Waals surface area (Å²) >= 11 is 0. The van der Waals surface area contributed by atoms with Gasteiger partial charge in [0, 0.05) is 24.6 Å². The number of hydrogen-bond acceptors (Lipinski definition) is 3. The van der Waals surface area contributed by atoms with E-state index < -0.39 is 0 Å². The number of quaternary nitrogens is 1. The third kappa shape index (κ3) is 4.15. The molecule has 3 aromatic rings. The fourth-order valence-corrected chi connectivity index (χ4v) is 4.40. The first-order valence-electron chi connectivity index (χ1n) is 10.1. The van der Waals surface area contributed by atoms with Crippen molar-refractivity contribution in [3.05, 3.63) is 52.8 Å². The number of piperidine rings is 1. The Morgan fingerprint density at radius 1 is 1.17 bits per heavy atom. The second-order valence-electron chi connectivity index (χ2n) is 8.15. The Morgan fingerprint density at radius 3 is 2.55 bits per heavy atom. The van der Waals surface area contributed by atoms with E-state index in [1.165, 1.54) is 22.6 Å². The van der Waals surface area contributed by atoms with E-state index in [0.717, 1.165) is 48.3 Å². The molecule has 1 aliphatic heterocycles. The highest BCUT2D eigenvalue weighted by Gasteiger charge is 2.27. The highest BCUT2D eigenvalue weighted by atomic mass is 19.1. The van der Waals surface area contributed by atoms with Gasteiger partial charge in [0.1, 0.15) is 11.3 Å². The maximum Gasteiger partial charge on any atom is 0.279 e. The van der Waals surface area contributed by atoms with E-state index >= 15 is 0 Å². The zero-order valence-electron chi connectivity index (χ0n) is 17.1. The molecule has 0 spiro atoms. The van der Waals surface area contributed by atoms with Crippen molar-refractivity contribution in [1.29, 1.82) is 0 Å². The molecule has 0 bridgehead atoms. The molecular weight excluding hydrogens is 369 g/mol. The number of benzene rings is 2. The van der Waals surface area contributed by atoms with Gasteiger partial charge in [-0.1, -0.05) is 22.9 Å². The van der Waals surface area contributed by atoms with E-state index in [4.69, 9.17) is 0 Å². The van der Waals surface area contributed by atoms with Crippen molar-refractivity contribution >= 4 is 22.6 Å². The summed E-state index contributed by atoms with van der Waals surface area (Å²) in [5.74, 6) is -0.246. The van der Waals surface area contributed by atoms with Gasteiger partial charge in [-0.25, -0.2) is 9.07 Å². The molecule has 0 aliphatic carbocycles. The van der Waals surface area contributed by atoms with Crippen LogP contribution in [0.25, 0.3) is 11.0 Å². The third-order valence-electron chi connectivity index (χ3n) is 5.79. The Balaban J connectivity index is 1.36. The topological polar surface area (TPSA) is 64.2 Å². The molecule has 4 rings (SSSR count). The molecular formula is C22H27FN5O+. The zero-order valence-corrected chi connectivity index (χ0v) is 17.1. The second-order valence-corrected chi connectivity index (χ2v) is 8.15. The van der Waals surface area contributed by atoms with E-state index in [1.54, 1.807) is 6.07 Å². The van der Waals surface area contributed by atoms with Gasteiger partial charge in [-0.15, -0.1) is 5.10 Å². The molecule has 2 heterocycles. The van der Waals surface area contributed by atoms with E-state index in [2.05, 4.69) is 34.7 Å². The molecule has 0 radical (unpaired) electrons. The number of carbonyl (C=O) groups excluding carboxylic acids is 1. The average Bonchev–Trinajstić information content (AvgIpc) is 3.08. The first-order chi connectivity index (χ1) is 13.9. The van der Waals surface area contributed by atoms with Crippen LogP contribution >= 0.6 is 0 Å². The summed E-state index contributed by atoms with van der Waals surface area (Å²) < 4.78 is 15.3. The molecule has 0 saturated carbocycles. The van der Waals surface area contributed by atoms with Gasteiger partial charge < -0.3 is 10.2 Å². The van der Waals surface area contributed by atoms with Crippen molar-refractivity contribution in [3.8, 4) is 0 Å². The van der Waals surface area contributed by atoms with E-state index in [1.807, 2.05) is 18.5 Å². The lowest BCUT2D eigenvalue weighted by Crippen LogP contribution is -3.14. The fraction of sp³-hybridized carbons (Fsp3) is 0.409. The molecule has 2 N–H and O–H groups in total. The van der Waals surface area contributed by atoms with Gasteiger partial charge in [0.05, 0.1) is 24.6 Å². The van der Waals surface area contributed by atoms with Crippen molar-refractivity contribution in [2.45, 2.75) is 39.7 Å². The fourth-order valence-electron chi connectivity index (χ4n) is 4.40. The molecule has 1 aliphatic rings.